The summed E-state index contributed by atoms with van der Waals surface area (Å²) in [5.74, 6) is 1.16. The van der Waals surface area contributed by atoms with Gasteiger partial charge in [-0.1, -0.05) is 18.2 Å². The first-order chi connectivity index (χ1) is 24.1. The molecule has 1 atom stereocenters. The second-order valence-electron chi connectivity index (χ2n) is 14.2. The molecule has 3 aliphatic heterocycles. The molecule has 1 amide bonds. The summed E-state index contributed by atoms with van der Waals surface area (Å²) in [6, 6.07) is 18.4. The molecule has 5 heterocycles. The number of hydrogen-bond acceptors (Lipinski definition) is 10. The molecular weight excluding hydrogens is 634 g/mol. The number of piperidine rings is 1. The molecule has 0 saturated carbocycles. The van der Waals surface area contributed by atoms with E-state index in [1.165, 1.54) is 10.9 Å². The van der Waals surface area contributed by atoms with Crippen molar-refractivity contribution < 1.29 is 14.3 Å². The summed E-state index contributed by atoms with van der Waals surface area (Å²) in [7, 11) is 0. The van der Waals surface area contributed by atoms with Crippen molar-refractivity contribution >= 4 is 22.9 Å². The summed E-state index contributed by atoms with van der Waals surface area (Å²) in [6.07, 6.45) is 4.47. The lowest BCUT2D eigenvalue weighted by molar-refractivity contribution is -0.142. The Labute approximate surface area is 291 Å². The molecule has 2 aromatic heterocycles. The van der Waals surface area contributed by atoms with Gasteiger partial charge in [0.05, 0.1) is 30.5 Å². The summed E-state index contributed by atoms with van der Waals surface area (Å²) in [4.78, 5) is 43.3. The van der Waals surface area contributed by atoms with Crippen LogP contribution in [-0.4, -0.2) is 103 Å². The molecule has 0 spiro atoms. The highest BCUT2D eigenvalue weighted by molar-refractivity contribution is 5.97. The minimum Gasteiger partial charge on any atom is -0.457 e. The van der Waals surface area contributed by atoms with Gasteiger partial charge in [0.1, 0.15) is 35.0 Å². The number of rotatable bonds is 8. The lowest BCUT2D eigenvalue weighted by Crippen LogP contribution is -2.66. The number of carbonyl (C=O) groups excluding carboxylic acids is 1. The largest absolute Gasteiger partial charge is 0.457 e. The van der Waals surface area contributed by atoms with Crippen LogP contribution in [0, 0.1) is 11.3 Å². The van der Waals surface area contributed by atoms with E-state index in [4.69, 9.17) is 15.2 Å². The monoisotopic (exact) mass is 677 g/mol. The molecule has 2 N–H and O–H groups in total. The third kappa shape index (κ3) is 6.26. The van der Waals surface area contributed by atoms with Crippen LogP contribution in [0.25, 0.3) is 16.9 Å². The fourth-order valence-electron chi connectivity index (χ4n) is 7.43. The van der Waals surface area contributed by atoms with E-state index in [1.54, 1.807) is 39.8 Å². The van der Waals surface area contributed by atoms with Gasteiger partial charge in [0.15, 0.2) is 11.5 Å². The normalized spacial score (nSPS) is 20.3. The molecule has 13 heteroatoms. The van der Waals surface area contributed by atoms with Gasteiger partial charge in [-0.15, -0.1) is 0 Å². The number of ether oxygens (including phenoxy) is 2. The van der Waals surface area contributed by atoms with E-state index in [2.05, 4.69) is 46.6 Å². The average Bonchev–Trinajstić information content (AvgIpc) is 3.42. The fraction of sp³-hybridized carbons (Fsp3) is 0.432. The molecule has 50 heavy (non-hydrogen) atoms. The van der Waals surface area contributed by atoms with Gasteiger partial charge in [0, 0.05) is 44.8 Å². The maximum absolute atomic E-state index is 14.2. The maximum atomic E-state index is 14.2. The second kappa shape index (κ2) is 13.4. The van der Waals surface area contributed by atoms with Gasteiger partial charge in [-0.25, -0.2) is 14.8 Å². The maximum Gasteiger partial charge on any atom is 0.335 e. The molecule has 3 fully saturated rings. The number of aromatic nitrogens is 4. The molecule has 1 unspecified atom stereocenters. The number of imidazole rings is 1. The number of nitrogens with zero attached hydrogens (tertiary/aromatic N) is 8. The van der Waals surface area contributed by atoms with Crippen molar-refractivity contribution in [3.8, 4) is 23.3 Å². The average molecular weight is 678 g/mol. The number of carbonyl (C=O) groups is 1. The van der Waals surface area contributed by atoms with Crippen LogP contribution >= 0.6 is 0 Å². The van der Waals surface area contributed by atoms with Gasteiger partial charge in [-0.2, -0.15) is 5.26 Å². The molecule has 260 valence electrons. The van der Waals surface area contributed by atoms with Crippen molar-refractivity contribution in [1.82, 2.24) is 33.8 Å². The van der Waals surface area contributed by atoms with E-state index in [0.717, 1.165) is 39.4 Å². The number of fused-ring (bicyclic) bond motifs is 1. The second-order valence-corrected chi connectivity index (χ2v) is 14.2. The van der Waals surface area contributed by atoms with Crippen LogP contribution in [0.4, 0.5) is 5.82 Å². The molecule has 0 bridgehead atoms. The van der Waals surface area contributed by atoms with Crippen molar-refractivity contribution in [1.29, 1.82) is 5.26 Å². The van der Waals surface area contributed by atoms with Gasteiger partial charge >= 0.3 is 5.69 Å². The Morgan fingerprint density at radius 2 is 1.74 bits per heavy atom. The van der Waals surface area contributed by atoms with Crippen molar-refractivity contribution in [3.63, 3.8) is 0 Å². The predicted octanol–water partition coefficient (Wildman–Crippen LogP) is 3.76. The zero-order valence-electron chi connectivity index (χ0n) is 28.8. The Hall–Kier alpha value is -5.03. The molecule has 13 nitrogen and oxygen atoms in total. The van der Waals surface area contributed by atoms with E-state index in [9.17, 15) is 14.9 Å². The molecule has 7 rings (SSSR count). The summed E-state index contributed by atoms with van der Waals surface area (Å²) < 4.78 is 14.5. The van der Waals surface area contributed by atoms with Gasteiger partial charge in [-0.05, 0) is 76.1 Å². The third-order valence-corrected chi connectivity index (χ3v) is 10.3. The van der Waals surface area contributed by atoms with Crippen molar-refractivity contribution in [2.75, 3.05) is 58.2 Å². The van der Waals surface area contributed by atoms with Crippen LogP contribution in [0.1, 0.15) is 39.7 Å². The topological polar surface area (TPSA) is 148 Å². The molecule has 3 saturated heterocycles. The van der Waals surface area contributed by atoms with E-state index >= 15 is 0 Å². The molecular formula is C37H43N9O4. The minimum absolute atomic E-state index is 0.0960. The molecule has 0 radical (unpaired) electrons. The van der Waals surface area contributed by atoms with Crippen LogP contribution in [0.3, 0.4) is 0 Å². The number of nitrogen functional groups attached to an aromatic ring is 1. The summed E-state index contributed by atoms with van der Waals surface area (Å²) in [6.45, 7) is 12.1. The summed E-state index contributed by atoms with van der Waals surface area (Å²) >= 11 is 0. The highest BCUT2D eigenvalue weighted by atomic mass is 16.5. The minimum atomic E-state index is -0.500. The Morgan fingerprint density at radius 1 is 1.04 bits per heavy atom. The number of nitriles is 1. The number of benzene rings is 2. The first-order valence-electron chi connectivity index (χ1n) is 17.1. The van der Waals surface area contributed by atoms with E-state index in [1.807, 2.05) is 30.3 Å². The van der Waals surface area contributed by atoms with Gasteiger partial charge in [0.2, 0.25) is 0 Å². The van der Waals surface area contributed by atoms with Gasteiger partial charge in [0.25, 0.3) is 5.91 Å². The van der Waals surface area contributed by atoms with Crippen LogP contribution in [-0.2, 0) is 9.53 Å². The lowest BCUT2D eigenvalue weighted by Gasteiger charge is -2.52. The van der Waals surface area contributed by atoms with Crippen LogP contribution in [0.15, 0.2) is 77.4 Å². The Bertz CT molecular complexity index is 2000. The van der Waals surface area contributed by atoms with Crippen molar-refractivity contribution in [2.24, 2.45) is 0 Å². The van der Waals surface area contributed by atoms with Crippen molar-refractivity contribution in [3.05, 3.63) is 83.1 Å². The predicted molar refractivity (Wildman–Crippen MR) is 189 cm³/mol. The van der Waals surface area contributed by atoms with Gasteiger partial charge < -0.3 is 20.1 Å². The smallest absolute Gasteiger partial charge is 0.335 e. The number of anilines is 1. The summed E-state index contributed by atoms with van der Waals surface area (Å²) in [5, 5.41) is 10.2. The van der Waals surface area contributed by atoms with Crippen LogP contribution < -0.4 is 16.2 Å². The standard InChI is InChI=1S/C37H43N9O4/c1-36(2,43-16-18-44(19-17-43)37(3)23-49-24-37)20-26(21-38)34(47)42-15-7-8-28(22-42)46-33-31(32(39)40-25-41-33)45(35(46)48)27-11-13-30(14-12-27)50-29-9-5-4-6-10-29/h4-6,9-14,20,25,28H,7-8,15-19,22-24H2,1-3H3,(H2,39,40,41). The van der Waals surface area contributed by atoms with Crippen LogP contribution in [0.2, 0.25) is 0 Å². The molecule has 0 aliphatic carbocycles. The lowest BCUT2D eigenvalue weighted by atomic mass is 9.94. The zero-order valence-corrected chi connectivity index (χ0v) is 28.8. The van der Waals surface area contributed by atoms with E-state index in [-0.39, 0.29) is 41.1 Å². The van der Waals surface area contributed by atoms with E-state index < -0.39 is 5.54 Å². The van der Waals surface area contributed by atoms with Crippen molar-refractivity contribution in [2.45, 2.75) is 50.7 Å². The number of likely N-dealkylation sites (tertiary alicyclic amines) is 1. The van der Waals surface area contributed by atoms with Crippen LogP contribution in [0.5, 0.6) is 11.5 Å². The molecule has 4 aromatic rings. The Balaban J connectivity index is 1.12. The SMILES string of the molecule is CC(C)(C=C(C#N)C(=O)N1CCCC(n2c(=O)n(-c3ccc(Oc4ccccc4)cc3)c3c(N)ncnc32)C1)N1CCN(C2(C)COC2)CC1. The number of hydrogen-bond donors (Lipinski definition) is 1. The quantitative estimate of drug-likeness (QED) is 0.216. The number of nitrogens with two attached hydrogens (primary N) is 1. The highest BCUT2D eigenvalue weighted by Crippen LogP contribution is 2.31. The number of para-hydroxylation sites is 1. The van der Waals surface area contributed by atoms with Gasteiger partial charge in [-0.3, -0.25) is 23.7 Å². The molecule has 2 aromatic carbocycles. The first kappa shape index (κ1) is 33.5. The number of piperazine rings is 1. The Morgan fingerprint density at radius 3 is 2.40 bits per heavy atom. The highest BCUT2D eigenvalue weighted by Gasteiger charge is 2.42. The molecule has 3 aliphatic rings. The fourth-order valence-corrected chi connectivity index (χ4v) is 7.43. The third-order valence-electron chi connectivity index (χ3n) is 10.3. The Kier molecular flexibility index (Phi) is 8.94. The number of amides is 1. The van der Waals surface area contributed by atoms with E-state index in [0.29, 0.717) is 47.7 Å². The summed E-state index contributed by atoms with van der Waals surface area (Å²) in [5.41, 5.74) is 7.11. The zero-order chi connectivity index (χ0) is 35.0. The first-order valence-corrected chi connectivity index (χ1v) is 17.1.